The molecule has 0 unspecified atom stereocenters. The van der Waals surface area contributed by atoms with Gasteiger partial charge in [0.2, 0.25) is 0 Å². The summed E-state index contributed by atoms with van der Waals surface area (Å²) in [4.78, 5) is 0. The van der Waals surface area contributed by atoms with Gasteiger partial charge in [0.05, 0.1) is 0 Å². The normalized spacial score (nSPS) is 22.6. The second-order valence-electron chi connectivity index (χ2n) is 7.86. The summed E-state index contributed by atoms with van der Waals surface area (Å²) in [6.07, 6.45) is 8.32. The highest BCUT2D eigenvalue weighted by Crippen LogP contribution is 2.43. The van der Waals surface area contributed by atoms with Gasteiger partial charge >= 0.3 is 0 Å². The lowest BCUT2D eigenvalue weighted by Gasteiger charge is -2.37. The molecule has 20 heavy (non-hydrogen) atoms. The average Bonchev–Trinajstić information content (AvgIpc) is 2.39. The third-order valence-electron chi connectivity index (χ3n) is 4.80. The summed E-state index contributed by atoms with van der Waals surface area (Å²) in [6, 6.07) is 10.8. The zero-order chi connectivity index (χ0) is 14.6. The van der Waals surface area contributed by atoms with Gasteiger partial charge in [-0.3, -0.25) is 0 Å². The van der Waals surface area contributed by atoms with Crippen molar-refractivity contribution < 1.29 is 0 Å². The number of hydrogen-bond donors (Lipinski definition) is 0. The van der Waals surface area contributed by atoms with Gasteiger partial charge in [-0.25, -0.2) is 0 Å². The molecule has 0 saturated carbocycles. The van der Waals surface area contributed by atoms with Crippen LogP contribution in [0.5, 0.6) is 0 Å². The predicted octanol–water partition coefficient (Wildman–Crippen LogP) is 6.25. The molecular weight excluding hydrogens is 256 g/mol. The lowest BCUT2D eigenvalue weighted by molar-refractivity contribution is 0.370. The van der Waals surface area contributed by atoms with Crippen LogP contribution in [0.25, 0.3) is 0 Å². The number of fused-ring (bicyclic) bond motifs is 1. The van der Waals surface area contributed by atoms with Crippen LogP contribution in [-0.4, -0.2) is 8.07 Å². The van der Waals surface area contributed by atoms with Crippen LogP contribution >= 0.6 is 0 Å². The van der Waals surface area contributed by atoms with E-state index in [0.29, 0.717) is 0 Å². The van der Waals surface area contributed by atoms with Gasteiger partial charge in [-0.15, -0.1) is 0 Å². The minimum Gasteiger partial charge on any atom is -0.0695 e. The van der Waals surface area contributed by atoms with Gasteiger partial charge < -0.3 is 0 Å². The van der Waals surface area contributed by atoms with Crippen molar-refractivity contribution >= 4 is 8.07 Å². The Balaban J connectivity index is 2.16. The molecule has 1 aromatic rings. The van der Waals surface area contributed by atoms with Crippen LogP contribution in [0.2, 0.25) is 25.7 Å². The van der Waals surface area contributed by atoms with E-state index in [4.69, 9.17) is 0 Å². The number of unbranched alkanes of at least 4 members (excludes halogenated alkanes) is 2. The highest BCUT2D eigenvalue weighted by Gasteiger charge is 2.32. The van der Waals surface area contributed by atoms with Crippen molar-refractivity contribution in [1.82, 2.24) is 0 Å². The fraction of sp³-hybridized carbons (Fsp3) is 0.684. The Morgan fingerprint density at radius 3 is 2.55 bits per heavy atom. The fourth-order valence-corrected chi connectivity index (χ4v) is 6.02. The summed E-state index contributed by atoms with van der Waals surface area (Å²) in [6.45, 7) is 9.93. The van der Waals surface area contributed by atoms with Crippen LogP contribution < -0.4 is 0 Å². The Kier molecular flexibility index (Phi) is 5.48. The molecule has 1 aliphatic rings. The van der Waals surface area contributed by atoms with Gasteiger partial charge in [-0.05, 0) is 42.2 Å². The van der Waals surface area contributed by atoms with E-state index in [1.54, 1.807) is 11.1 Å². The van der Waals surface area contributed by atoms with Gasteiger partial charge in [0, 0.05) is 8.07 Å². The molecule has 0 radical (unpaired) electrons. The molecule has 0 aliphatic heterocycles. The van der Waals surface area contributed by atoms with E-state index >= 15 is 0 Å². The molecule has 0 amide bonds. The zero-order valence-electron chi connectivity index (χ0n) is 13.9. The standard InChI is InChI=1S/C19H32Si/c1-5-6-7-11-19-17(15-20(2,3)4)14-13-16-10-8-9-12-18(16)19/h8-10,12,17,19H,5-7,11,13-15H2,1-4H3/t17-,19-/m0/s1. The number of benzene rings is 1. The second-order valence-corrected chi connectivity index (χ2v) is 13.4. The minimum atomic E-state index is -0.955. The first-order chi connectivity index (χ1) is 9.51. The Bertz CT molecular complexity index is 416. The van der Waals surface area contributed by atoms with Crippen molar-refractivity contribution in [2.24, 2.45) is 5.92 Å². The monoisotopic (exact) mass is 288 g/mol. The molecular formula is C19H32Si. The highest BCUT2D eigenvalue weighted by atomic mass is 28.3. The van der Waals surface area contributed by atoms with E-state index in [1.165, 1.54) is 44.6 Å². The Labute approximate surface area is 127 Å². The SMILES string of the molecule is CCCCC[C@@H]1c2ccccc2CC[C@H]1C[Si](C)(C)C. The van der Waals surface area contributed by atoms with Crippen LogP contribution in [0.1, 0.15) is 56.1 Å². The maximum Gasteiger partial charge on any atom is 0.0445 e. The number of hydrogen-bond acceptors (Lipinski definition) is 0. The topological polar surface area (TPSA) is 0 Å². The summed E-state index contributed by atoms with van der Waals surface area (Å²) in [5.41, 5.74) is 3.33. The lowest BCUT2D eigenvalue weighted by atomic mass is 9.73. The Morgan fingerprint density at radius 2 is 1.85 bits per heavy atom. The van der Waals surface area contributed by atoms with Crippen LogP contribution in [0, 0.1) is 5.92 Å². The molecule has 0 aromatic heterocycles. The summed E-state index contributed by atoms with van der Waals surface area (Å²) >= 11 is 0. The quantitative estimate of drug-likeness (QED) is 0.428. The predicted molar refractivity (Wildman–Crippen MR) is 93.3 cm³/mol. The van der Waals surface area contributed by atoms with Crippen molar-refractivity contribution in [1.29, 1.82) is 0 Å². The Morgan fingerprint density at radius 1 is 1.10 bits per heavy atom. The molecule has 0 nitrogen and oxygen atoms in total. The van der Waals surface area contributed by atoms with E-state index < -0.39 is 8.07 Å². The van der Waals surface area contributed by atoms with E-state index in [9.17, 15) is 0 Å². The Hall–Kier alpha value is -0.563. The average molecular weight is 289 g/mol. The minimum absolute atomic E-state index is 0.846. The first kappa shape index (κ1) is 15.8. The summed E-state index contributed by atoms with van der Waals surface area (Å²) < 4.78 is 0. The van der Waals surface area contributed by atoms with Crippen LogP contribution in [0.3, 0.4) is 0 Å². The van der Waals surface area contributed by atoms with E-state index in [-0.39, 0.29) is 0 Å². The van der Waals surface area contributed by atoms with Gasteiger partial charge in [0.15, 0.2) is 0 Å². The van der Waals surface area contributed by atoms with Crippen molar-refractivity contribution in [2.45, 2.75) is 77.1 Å². The fourth-order valence-electron chi connectivity index (χ4n) is 3.96. The number of rotatable bonds is 6. The van der Waals surface area contributed by atoms with Gasteiger partial charge in [0.25, 0.3) is 0 Å². The second kappa shape index (κ2) is 6.93. The molecule has 0 N–H and O–H groups in total. The maximum absolute atomic E-state index is 2.54. The summed E-state index contributed by atoms with van der Waals surface area (Å²) in [7, 11) is -0.955. The molecule has 2 atom stereocenters. The smallest absolute Gasteiger partial charge is 0.0445 e. The molecule has 1 aromatic carbocycles. The van der Waals surface area contributed by atoms with Gasteiger partial charge in [-0.2, -0.15) is 0 Å². The molecule has 0 spiro atoms. The maximum atomic E-state index is 2.54. The summed E-state index contributed by atoms with van der Waals surface area (Å²) in [5.74, 6) is 1.80. The van der Waals surface area contributed by atoms with E-state index in [0.717, 1.165) is 11.8 Å². The van der Waals surface area contributed by atoms with Crippen molar-refractivity contribution in [3.8, 4) is 0 Å². The van der Waals surface area contributed by atoms with Crippen LogP contribution in [-0.2, 0) is 6.42 Å². The molecule has 2 rings (SSSR count). The third-order valence-corrected chi connectivity index (χ3v) is 6.55. The lowest BCUT2D eigenvalue weighted by Crippen LogP contribution is -2.30. The molecule has 112 valence electrons. The van der Waals surface area contributed by atoms with Gasteiger partial charge in [-0.1, -0.05) is 76.1 Å². The van der Waals surface area contributed by atoms with E-state index in [1.807, 2.05) is 0 Å². The third kappa shape index (κ3) is 4.21. The highest BCUT2D eigenvalue weighted by molar-refractivity contribution is 6.76. The van der Waals surface area contributed by atoms with Crippen molar-refractivity contribution in [2.75, 3.05) is 0 Å². The van der Waals surface area contributed by atoms with Crippen molar-refractivity contribution in [3.63, 3.8) is 0 Å². The van der Waals surface area contributed by atoms with Crippen molar-refractivity contribution in [3.05, 3.63) is 35.4 Å². The molecule has 0 bridgehead atoms. The first-order valence-electron chi connectivity index (χ1n) is 8.59. The summed E-state index contributed by atoms with van der Waals surface area (Å²) in [5, 5.41) is 0. The molecule has 0 saturated heterocycles. The van der Waals surface area contributed by atoms with E-state index in [2.05, 4.69) is 50.8 Å². The van der Waals surface area contributed by atoms with Gasteiger partial charge in [0.1, 0.15) is 0 Å². The first-order valence-corrected chi connectivity index (χ1v) is 12.3. The van der Waals surface area contributed by atoms with Crippen LogP contribution in [0.4, 0.5) is 0 Å². The molecule has 1 aliphatic carbocycles. The molecule has 0 fully saturated rings. The number of aryl methyl sites for hydroxylation is 1. The van der Waals surface area contributed by atoms with Crippen LogP contribution in [0.15, 0.2) is 24.3 Å². The largest absolute Gasteiger partial charge is 0.0695 e. The molecule has 1 heteroatoms. The zero-order valence-corrected chi connectivity index (χ0v) is 14.9. The molecule has 0 heterocycles.